The molecule has 0 amide bonds. The number of benzene rings is 1. The quantitative estimate of drug-likeness (QED) is 0.773. The predicted molar refractivity (Wildman–Crippen MR) is 72.4 cm³/mol. The predicted octanol–water partition coefficient (Wildman–Crippen LogP) is 1.37. The summed E-state index contributed by atoms with van der Waals surface area (Å²) < 4.78 is 11.6. The molecule has 1 unspecified atom stereocenters. The summed E-state index contributed by atoms with van der Waals surface area (Å²) in [4.78, 5) is 2.29. The Kier molecular flexibility index (Phi) is 4.84. The molecule has 1 heterocycles. The third-order valence-corrected chi connectivity index (χ3v) is 3.05. The largest absolute Gasteiger partial charge is 0.486 e. The summed E-state index contributed by atoms with van der Waals surface area (Å²) in [5, 5.41) is 3.16. The number of likely N-dealkylation sites (N-methyl/N-ethyl adjacent to an activating group) is 1. The van der Waals surface area contributed by atoms with E-state index in [-0.39, 0.29) is 6.10 Å². The van der Waals surface area contributed by atoms with Crippen LogP contribution < -0.4 is 14.8 Å². The lowest BCUT2D eigenvalue weighted by Crippen LogP contribution is -2.40. The Morgan fingerprint density at radius 2 is 2.11 bits per heavy atom. The number of hydrogen-bond donors (Lipinski definition) is 1. The third-order valence-electron chi connectivity index (χ3n) is 3.05. The topological polar surface area (TPSA) is 33.7 Å². The van der Waals surface area contributed by atoms with Crippen molar-refractivity contribution in [1.29, 1.82) is 0 Å². The fourth-order valence-corrected chi connectivity index (χ4v) is 2.12. The summed E-state index contributed by atoms with van der Waals surface area (Å²) in [5.41, 5.74) is 0. The number of nitrogens with zero attached hydrogens (tertiary/aromatic N) is 1. The zero-order chi connectivity index (χ0) is 12.8. The number of ether oxygens (including phenoxy) is 2. The molecule has 2 rings (SSSR count). The molecule has 1 aliphatic heterocycles. The van der Waals surface area contributed by atoms with Crippen molar-refractivity contribution in [3.63, 3.8) is 0 Å². The van der Waals surface area contributed by atoms with E-state index in [1.807, 2.05) is 31.3 Å². The molecular weight excluding hydrogens is 228 g/mol. The van der Waals surface area contributed by atoms with Gasteiger partial charge in [0.1, 0.15) is 12.7 Å². The Bertz CT molecular complexity index is 371. The molecule has 0 radical (unpaired) electrons. The standard InChI is InChI=1S/C14H22N2O2/c1-15-8-5-9-16(2)10-12-11-17-13-6-3-4-7-14(13)18-12/h3-4,6-7,12,15H,5,8-11H2,1-2H3. The van der Waals surface area contributed by atoms with Crippen LogP contribution in [0, 0.1) is 0 Å². The SMILES string of the molecule is CNCCCN(C)CC1COc2ccccc2O1. The van der Waals surface area contributed by atoms with Crippen molar-refractivity contribution in [2.24, 2.45) is 0 Å². The first-order valence-electron chi connectivity index (χ1n) is 6.51. The maximum atomic E-state index is 5.93. The van der Waals surface area contributed by atoms with Crippen LogP contribution in [0.4, 0.5) is 0 Å². The molecule has 18 heavy (non-hydrogen) atoms. The minimum atomic E-state index is 0.125. The van der Waals surface area contributed by atoms with Crippen LogP contribution in [0.5, 0.6) is 11.5 Å². The molecule has 1 N–H and O–H groups in total. The zero-order valence-electron chi connectivity index (χ0n) is 11.2. The average Bonchev–Trinajstić information content (AvgIpc) is 2.39. The van der Waals surface area contributed by atoms with E-state index in [1.165, 1.54) is 0 Å². The van der Waals surface area contributed by atoms with E-state index in [2.05, 4.69) is 17.3 Å². The molecule has 0 bridgehead atoms. The highest BCUT2D eigenvalue weighted by Crippen LogP contribution is 2.30. The molecule has 4 heteroatoms. The van der Waals surface area contributed by atoms with Crippen molar-refractivity contribution in [1.82, 2.24) is 10.2 Å². The van der Waals surface area contributed by atoms with Crippen molar-refractivity contribution < 1.29 is 9.47 Å². The van der Waals surface area contributed by atoms with Gasteiger partial charge in [-0.05, 0) is 45.7 Å². The van der Waals surface area contributed by atoms with Crippen molar-refractivity contribution >= 4 is 0 Å². The lowest BCUT2D eigenvalue weighted by atomic mass is 10.2. The Labute approximate surface area is 109 Å². The number of hydrogen-bond acceptors (Lipinski definition) is 4. The van der Waals surface area contributed by atoms with Gasteiger partial charge in [0, 0.05) is 6.54 Å². The van der Waals surface area contributed by atoms with Gasteiger partial charge in [-0.1, -0.05) is 12.1 Å². The van der Waals surface area contributed by atoms with Gasteiger partial charge >= 0.3 is 0 Å². The van der Waals surface area contributed by atoms with Crippen LogP contribution >= 0.6 is 0 Å². The van der Waals surface area contributed by atoms with Crippen molar-refractivity contribution in [3.05, 3.63) is 24.3 Å². The molecule has 0 saturated carbocycles. The highest BCUT2D eigenvalue weighted by molar-refractivity contribution is 5.40. The maximum absolute atomic E-state index is 5.93. The molecule has 1 atom stereocenters. The summed E-state index contributed by atoms with van der Waals surface area (Å²) in [6, 6.07) is 7.85. The monoisotopic (exact) mass is 250 g/mol. The van der Waals surface area contributed by atoms with Gasteiger partial charge in [-0.25, -0.2) is 0 Å². The molecule has 0 aliphatic carbocycles. The Balaban J connectivity index is 1.79. The molecule has 4 nitrogen and oxygen atoms in total. The molecule has 0 aromatic heterocycles. The molecule has 0 saturated heterocycles. The van der Waals surface area contributed by atoms with Gasteiger partial charge in [-0.3, -0.25) is 0 Å². The summed E-state index contributed by atoms with van der Waals surface area (Å²) in [6.07, 6.45) is 1.27. The Hall–Kier alpha value is -1.26. The third kappa shape index (κ3) is 3.62. The second-order valence-electron chi connectivity index (χ2n) is 4.72. The first kappa shape index (κ1) is 13.2. The number of rotatable bonds is 6. The Morgan fingerprint density at radius 3 is 2.89 bits per heavy atom. The highest BCUT2D eigenvalue weighted by atomic mass is 16.6. The van der Waals surface area contributed by atoms with Crippen LogP contribution in [0.1, 0.15) is 6.42 Å². The van der Waals surface area contributed by atoms with Gasteiger partial charge < -0.3 is 19.7 Å². The molecule has 0 fully saturated rings. The minimum Gasteiger partial charge on any atom is -0.486 e. The van der Waals surface area contributed by atoms with E-state index in [0.29, 0.717) is 6.61 Å². The van der Waals surface area contributed by atoms with Crippen molar-refractivity contribution in [3.8, 4) is 11.5 Å². The normalized spacial score (nSPS) is 18.1. The second kappa shape index (κ2) is 6.61. The van der Waals surface area contributed by atoms with E-state index in [0.717, 1.165) is 37.6 Å². The lowest BCUT2D eigenvalue weighted by molar-refractivity contribution is 0.0653. The van der Waals surface area contributed by atoms with Gasteiger partial charge in [0.25, 0.3) is 0 Å². The maximum Gasteiger partial charge on any atom is 0.161 e. The smallest absolute Gasteiger partial charge is 0.161 e. The van der Waals surface area contributed by atoms with E-state index < -0.39 is 0 Å². The number of fused-ring (bicyclic) bond motifs is 1. The number of para-hydroxylation sites is 2. The van der Waals surface area contributed by atoms with E-state index in [9.17, 15) is 0 Å². The lowest BCUT2D eigenvalue weighted by Gasteiger charge is -2.29. The van der Waals surface area contributed by atoms with Crippen molar-refractivity contribution in [2.45, 2.75) is 12.5 Å². The van der Waals surface area contributed by atoms with Crippen LogP contribution in [0.3, 0.4) is 0 Å². The fourth-order valence-electron chi connectivity index (χ4n) is 2.12. The first-order valence-corrected chi connectivity index (χ1v) is 6.51. The van der Waals surface area contributed by atoms with Crippen LogP contribution in [-0.2, 0) is 0 Å². The van der Waals surface area contributed by atoms with E-state index in [4.69, 9.17) is 9.47 Å². The Morgan fingerprint density at radius 1 is 1.33 bits per heavy atom. The highest BCUT2D eigenvalue weighted by Gasteiger charge is 2.21. The zero-order valence-corrected chi connectivity index (χ0v) is 11.2. The molecule has 1 aliphatic rings. The van der Waals surface area contributed by atoms with Gasteiger partial charge in [-0.15, -0.1) is 0 Å². The average molecular weight is 250 g/mol. The summed E-state index contributed by atoms with van der Waals surface area (Å²) >= 11 is 0. The molecule has 1 aromatic carbocycles. The fraction of sp³-hybridized carbons (Fsp3) is 0.571. The number of nitrogens with one attached hydrogen (secondary N) is 1. The van der Waals surface area contributed by atoms with Crippen molar-refractivity contribution in [2.75, 3.05) is 40.3 Å². The molecular formula is C14H22N2O2. The first-order chi connectivity index (χ1) is 8.79. The van der Waals surface area contributed by atoms with Crippen LogP contribution in [-0.4, -0.2) is 51.3 Å². The van der Waals surface area contributed by atoms with Crippen LogP contribution in [0.2, 0.25) is 0 Å². The summed E-state index contributed by atoms with van der Waals surface area (Å²) in [5.74, 6) is 1.71. The summed E-state index contributed by atoms with van der Waals surface area (Å²) in [6.45, 7) is 3.66. The van der Waals surface area contributed by atoms with E-state index in [1.54, 1.807) is 0 Å². The van der Waals surface area contributed by atoms with Gasteiger partial charge in [0.05, 0.1) is 0 Å². The van der Waals surface area contributed by atoms with Crippen LogP contribution in [0.25, 0.3) is 0 Å². The van der Waals surface area contributed by atoms with Gasteiger partial charge in [0.15, 0.2) is 11.5 Å². The molecule has 1 aromatic rings. The van der Waals surface area contributed by atoms with Crippen LogP contribution in [0.15, 0.2) is 24.3 Å². The van der Waals surface area contributed by atoms with E-state index >= 15 is 0 Å². The second-order valence-corrected chi connectivity index (χ2v) is 4.72. The molecule has 0 spiro atoms. The minimum absolute atomic E-state index is 0.125. The molecule has 100 valence electrons. The van der Waals surface area contributed by atoms with Gasteiger partial charge in [-0.2, -0.15) is 0 Å². The van der Waals surface area contributed by atoms with Gasteiger partial charge in [0.2, 0.25) is 0 Å². The summed E-state index contributed by atoms with van der Waals surface area (Å²) in [7, 11) is 4.11.